The molecular formula is C14H25N5O. The van der Waals surface area contributed by atoms with Crippen LogP contribution in [0.25, 0.3) is 0 Å². The van der Waals surface area contributed by atoms with Gasteiger partial charge in [-0.1, -0.05) is 27.7 Å². The Morgan fingerprint density at radius 2 is 2.20 bits per heavy atom. The first-order valence-electron chi connectivity index (χ1n) is 7.27. The predicted molar refractivity (Wildman–Crippen MR) is 77.4 cm³/mol. The molecule has 1 saturated heterocycles. The number of aromatic amines is 1. The van der Waals surface area contributed by atoms with E-state index in [4.69, 9.17) is 5.73 Å². The SMILES string of the molecule is CC1CCN(C(=O)c2n[nH]c(C(C)(C)C)n2)C(CN)C1. The third-order valence-corrected chi connectivity index (χ3v) is 3.90. The second-order valence-corrected chi connectivity index (χ2v) is 6.78. The number of amides is 1. The molecule has 0 spiro atoms. The number of H-pyrrole nitrogens is 1. The lowest BCUT2D eigenvalue weighted by Crippen LogP contribution is -2.49. The third-order valence-electron chi connectivity index (χ3n) is 3.90. The number of carbonyl (C=O) groups excluding carboxylic acids is 1. The number of likely N-dealkylation sites (tertiary alicyclic amines) is 1. The van der Waals surface area contributed by atoms with Gasteiger partial charge in [-0.15, -0.1) is 5.10 Å². The predicted octanol–water partition coefficient (Wildman–Crippen LogP) is 1.30. The minimum atomic E-state index is -0.144. The van der Waals surface area contributed by atoms with E-state index < -0.39 is 0 Å². The Morgan fingerprint density at radius 1 is 1.50 bits per heavy atom. The lowest BCUT2D eigenvalue weighted by Gasteiger charge is -2.37. The number of hydrogen-bond acceptors (Lipinski definition) is 4. The van der Waals surface area contributed by atoms with Crippen LogP contribution in [-0.2, 0) is 5.41 Å². The summed E-state index contributed by atoms with van der Waals surface area (Å²) in [6.07, 6.45) is 1.97. The molecule has 6 heteroatoms. The summed E-state index contributed by atoms with van der Waals surface area (Å²) in [4.78, 5) is 18.7. The number of nitrogens with zero attached hydrogens (tertiary/aromatic N) is 3. The Kier molecular flexibility index (Phi) is 4.13. The van der Waals surface area contributed by atoms with Crippen LogP contribution < -0.4 is 5.73 Å². The molecule has 0 aliphatic carbocycles. The zero-order valence-electron chi connectivity index (χ0n) is 12.8. The van der Waals surface area contributed by atoms with Gasteiger partial charge in [0, 0.05) is 24.5 Å². The van der Waals surface area contributed by atoms with Gasteiger partial charge in [0.15, 0.2) is 0 Å². The van der Waals surface area contributed by atoms with Gasteiger partial charge in [-0.05, 0) is 18.8 Å². The van der Waals surface area contributed by atoms with Crippen molar-refractivity contribution in [1.29, 1.82) is 0 Å². The van der Waals surface area contributed by atoms with Gasteiger partial charge < -0.3 is 10.6 Å². The molecule has 20 heavy (non-hydrogen) atoms. The number of hydrogen-bond donors (Lipinski definition) is 2. The summed E-state index contributed by atoms with van der Waals surface area (Å²) in [6.45, 7) is 9.54. The maximum atomic E-state index is 12.5. The summed E-state index contributed by atoms with van der Waals surface area (Å²) in [6, 6.07) is 0.0998. The first-order valence-corrected chi connectivity index (χ1v) is 7.27. The van der Waals surface area contributed by atoms with E-state index in [1.807, 2.05) is 25.7 Å². The van der Waals surface area contributed by atoms with Crippen molar-refractivity contribution in [3.63, 3.8) is 0 Å². The highest BCUT2D eigenvalue weighted by molar-refractivity contribution is 5.90. The highest BCUT2D eigenvalue weighted by Crippen LogP contribution is 2.24. The van der Waals surface area contributed by atoms with Gasteiger partial charge in [-0.25, -0.2) is 4.98 Å². The maximum Gasteiger partial charge on any atom is 0.293 e. The fraction of sp³-hybridized carbons (Fsp3) is 0.786. The van der Waals surface area contributed by atoms with Crippen molar-refractivity contribution in [2.24, 2.45) is 11.7 Å². The van der Waals surface area contributed by atoms with Gasteiger partial charge >= 0.3 is 0 Å². The highest BCUT2D eigenvalue weighted by atomic mass is 16.2. The largest absolute Gasteiger partial charge is 0.332 e. The highest BCUT2D eigenvalue weighted by Gasteiger charge is 2.32. The van der Waals surface area contributed by atoms with Gasteiger partial charge in [-0.3, -0.25) is 9.89 Å². The molecule has 1 aliphatic heterocycles. The van der Waals surface area contributed by atoms with Crippen molar-refractivity contribution < 1.29 is 4.79 Å². The van der Waals surface area contributed by atoms with E-state index >= 15 is 0 Å². The van der Waals surface area contributed by atoms with Crippen LogP contribution in [0.5, 0.6) is 0 Å². The van der Waals surface area contributed by atoms with Gasteiger partial charge in [0.05, 0.1) is 0 Å². The molecule has 2 atom stereocenters. The third kappa shape index (κ3) is 3.00. The van der Waals surface area contributed by atoms with Crippen LogP contribution in [0.3, 0.4) is 0 Å². The van der Waals surface area contributed by atoms with E-state index in [0.717, 1.165) is 25.2 Å². The Morgan fingerprint density at radius 3 is 2.75 bits per heavy atom. The van der Waals surface area contributed by atoms with Gasteiger partial charge in [-0.2, -0.15) is 0 Å². The second kappa shape index (κ2) is 5.52. The molecule has 2 unspecified atom stereocenters. The van der Waals surface area contributed by atoms with Crippen molar-refractivity contribution in [3.8, 4) is 0 Å². The summed E-state index contributed by atoms with van der Waals surface area (Å²) >= 11 is 0. The Balaban J connectivity index is 2.16. The molecular weight excluding hydrogens is 254 g/mol. The summed E-state index contributed by atoms with van der Waals surface area (Å²) in [5.74, 6) is 1.49. The molecule has 2 rings (SSSR count). The molecule has 2 heterocycles. The van der Waals surface area contributed by atoms with E-state index in [0.29, 0.717) is 12.5 Å². The zero-order valence-corrected chi connectivity index (χ0v) is 12.8. The standard InChI is InChI=1S/C14H25N5O/c1-9-5-6-19(10(7-9)8-15)12(20)11-16-13(18-17-11)14(2,3)4/h9-10H,5-8,15H2,1-4H3,(H,16,17,18). The lowest BCUT2D eigenvalue weighted by molar-refractivity contribution is 0.0561. The van der Waals surface area contributed by atoms with Crippen LogP contribution in [0.1, 0.15) is 57.0 Å². The minimum absolute atomic E-state index is 0.0998. The molecule has 1 aliphatic rings. The molecule has 1 aromatic rings. The van der Waals surface area contributed by atoms with Crippen LogP contribution in [0.4, 0.5) is 0 Å². The molecule has 0 bridgehead atoms. The molecule has 0 saturated carbocycles. The zero-order chi connectivity index (χ0) is 14.9. The molecule has 112 valence electrons. The quantitative estimate of drug-likeness (QED) is 0.854. The van der Waals surface area contributed by atoms with Crippen LogP contribution in [-0.4, -0.2) is 45.1 Å². The van der Waals surface area contributed by atoms with Crippen molar-refractivity contribution in [1.82, 2.24) is 20.1 Å². The van der Waals surface area contributed by atoms with Gasteiger partial charge in [0.25, 0.3) is 5.91 Å². The monoisotopic (exact) mass is 279 g/mol. The fourth-order valence-electron chi connectivity index (χ4n) is 2.56. The number of nitrogens with one attached hydrogen (secondary N) is 1. The summed E-state index contributed by atoms with van der Waals surface area (Å²) in [5, 5.41) is 6.94. The fourth-order valence-corrected chi connectivity index (χ4v) is 2.56. The first-order chi connectivity index (χ1) is 9.32. The normalized spacial score (nSPS) is 23.9. The number of carbonyl (C=O) groups is 1. The molecule has 6 nitrogen and oxygen atoms in total. The van der Waals surface area contributed by atoms with E-state index in [-0.39, 0.29) is 23.2 Å². The minimum Gasteiger partial charge on any atom is -0.332 e. The average Bonchev–Trinajstić information content (AvgIpc) is 2.87. The van der Waals surface area contributed by atoms with Crippen molar-refractivity contribution in [2.45, 2.75) is 52.0 Å². The summed E-state index contributed by atoms with van der Waals surface area (Å²) in [7, 11) is 0. The lowest BCUT2D eigenvalue weighted by atomic mass is 9.92. The molecule has 3 N–H and O–H groups in total. The van der Waals surface area contributed by atoms with Crippen LogP contribution >= 0.6 is 0 Å². The number of nitrogens with two attached hydrogens (primary N) is 1. The topological polar surface area (TPSA) is 87.9 Å². The van der Waals surface area contributed by atoms with E-state index in [1.165, 1.54) is 0 Å². The van der Waals surface area contributed by atoms with E-state index in [9.17, 15) is 4.79 Å². The Labute approximate surface area is 120 Å². The number of rotatable bonds is 2. The van der Waals surface area contributed by atoms with Crippen molar-refractivity contribution in [2.75, 3.05) is 13.1 Å². The van der Waals surface area contributed by atoms with Gasteiger partial charge in [0.1, 0.15) is 5.82 Å². The number of aromatic nitrogens is 3. The van der Waals surface area contributed by atoms with E-state index in [1.54, 1.807) is 0 Å². The Bertz CT molecular complexity index is 476. The number of piperidine rings is 1. The van der Waals surface area contributed by atoms with Crippen LogP contribution in [0.15, 0.2) is 0 Å². The average molecular weight is 279 g/mol. The van der Waals surface area contributed by atoms with Crippen molar-refractivity contribution >= 4 is 5.91 Å². The van der Waals surface area contributed by atoms with Crippen molar-refractivity contribution in [3.05, 3.63) is 11.6 Å². The maximum absolute atomic E-state index is 12.5. The van der Waals surface area contributed by atoms with Crippen LogP contribution in [0.2, 0.25) is 0 Å². The molecule has 1 amide bonds. The molecule has 1 aromatic heterocycles. The van der Waals surface area contributed by atoms with Crippen LogP contribution in [0, 0.1) is 5.92 Å². The second-order valence-electron chi connectivity index (χ2n) is 6.78. The molecule has 1 fully saturated rings. The first kappa shape index (κ1) is 15.0. The Hall–Kier alpha value is -1.43. The van der Waals surface area contributed by atoms with E-state index in [2.05, 4.69) is 22.1 Å². The summed E-state index contributed by atoms with van der Waals surface area (Å²) < 4.78 is 0. The molecule has 0 radical (unpaired) electrons. The molecule has 0 aromatic carbocycles. The summed E-state index contributed by atoms with van der Waals surface area (Å²) in [5.41, 5.74) is 5.66. The smallest absolute Gasteiger partial charge is 0.293 e. The van der Waals surface area contributed by atoms with Gasteiger partial charge in [0.2, 0.25) is 5.82 Å².